The topological polar surface area (TPSA) is 76.7 Å². The number of methoxy groups -OCH3 is 2. The lowest BCUT2D eigenvalue weighted by molar-refractivity contribution is 0.0601. The van der Waals surface area contributed by atoms with Crippen molar-refractivity contribution in [2.75, 3.05) is 32.7 Å². The zero-order valence-corrected chi connectivity index (χ0v) is 11.4. The van der Waals surface area contributed by atoms with E-state index in [1.165, 1.54) is 19.2 Å². The number of ether oxygens (including phenoxy) is 2. The maximum Gasteiger partial charge on any atom is 0.339 e. The highest BCUT2D eigenvalue weighted by atomic mass is 35.5. The molecule has 1 aromatic carbocycles. The number of benzene rings is 1. The lowest BCUT2D eigenvalue weighted by Gasteiger charge is -2.09. The summed E-state index contributed by atoms with van der Waals surface area (Å²) in [4.78, 5) is 22.9. The van der Waals surface area contributed by atoms with E-state index in [1.54, 1.807) is 13.2 Å². The highest BCUT2D eigenvalue weighted by Gasteiger charge is 2.12. The van der Waals surface area contributed by atoms with E-state index >= 15 is 0 Å². The molecule has 2 amide bonds. The van der Waals surface area contributed by atoms with Crippen LogP contribution >= 0.6 is 11.6 Å². The van der Waals surface area contributed by atoms with Gasteiger partial charge in [0.05, 0.1) is 24.3 Å². The number of hydrogen-bond acceptors (Lipinski definition) is 4. The minimum atomic E-state index is -0.562. The molecular weight excluding hydrogens is 272 g/mol. The Morgan fingerprint density at radius 1 is 1.32 bits per heavy atom. The highest BCUT2D eigenvalue weighted by molar-refractivity contribution is 6.33. The fourth-order valence-corrected chi connectivity index (χ4v) is 1.51. The van der Waals surface area contributed by atoms with Gasteiger partial charge >= 0.3 is 12.0 Å². The van der Waals surface area contributed by atoms with Crippen LogP contribution in [-0.2, 0) is 9.47 Å². The van der Waals surface area contributed by atoms with E-state index in [9.17, 15) is 9.59 Å². The number of anilines is 1. The zero-order chi connectivity index (χ0) is 14.3. The molecule has 0 saturated heterocycles. The van der Waals surface area contributed by atoms with Crippen LogP contribution < -0.4 is 10.6 Å². The molecule has 0 aliphatic rings. The van der Waals surface area contributed by atoms with Gasteiger partial charge < -0.3 is 20.1 Å². The molecule has 1 aromatic rings. The van der Waals surface area contributed by atoms with Gasteiger partial charge in [-0.3, -0.25) is 0 Å². The molecule has 0 bridgehead atoms. The molecule has 0 saturated carbocycles. The number of hydrogen-bond donors (Lipinski definition) is 2. The van der Waals surface area contributed by atoms with Crippen LogP contribution in [0.25, 0.3) is 0 Å². The van der Waals surface area contributed by atoms with Crippen LogP contribution in [0.1, 0.15) is 10.4 Å². The number of nitrogens with one attached hydrogen (secondary N) is 2. The number of esters is 1. The molecule has 0 heterocycles. The van der Waals surface area contributed by atoms with E-state index in [1.807, 2.05) is 0 Å². The molecule has 104 valence electrons. The normalized spacial score (nSPS) is 9.84. The van der Waals surface area contributed by atoms with E-state index in [0.717, 1.165) is 0 Å². The van der Waals surface area contributed by atoms with Crippen molar-refractivity contribution in [1.29, 1.82) is 0 Å². The van der Waals surface area contributed by atoms with Crippen molar-refractivity contribution in [3.8, 4) is 0 Å². The van der Waals surface area contributed by atoms with Gasteiger partial charge in [-0.25, -0.2) is 9.59 Å². The van der Waals surface area contributed by atoms with Gasteiger partial charge in [0.2, 0.25) is 0 Å². The molecule has 2 N–H and O–H groups in total. The molecule has 0 aliphatic carbocycles. The summed E-state index contributed by atoms with van der Waals surface area (Å²) in [6.45, 7) is 0.807. The Hall–Kier alpha value is -1.79. The van der Waals surface area contributed by atoms with Crippen molar-refractivity contribution >= 4 is 29.3 Å². The quantitative estimate of drug-likeness (QED) is 0.640. The molecule has 0 unspecified atom stereocenters. The molecule has 7 heteroatoms. The molecule has 0 radical (unpaired) electrons. The van der Waals surface area contributed by atoms with E-state index in [0.29, 0.717) is 18.8 Å². The predicted molar refractivity (Wildman–Crippen MR) is 71.7 cm³/mol. The van der Waals surface area contributed by atoms with Gasteiger partial charge in [0.1, 0.15) is 0 Å². The average molecular weight is 287 g/mol. The number of urea groups is 1. The third-order valence-electron chi connectivity index (χ3n) is 2.22. The minimum Gasteiger partial charge on any atom is -0.465 e. The number of halogens is 1. The monoisotopic (exact) mass is 286 g/mol. The lowest BCUT2D eigenvalue weighted by atomic mass is 10.2. The Morgan fingerprint density at radius 3 is 2.68 bits per heavy atom. The summed E-state index contributed by atoms with van der Waals surface area (Å²) in [5.41, 5.74) is 0.638. The van der Waals surface area contributed by atoms with Crippen LogP contribution in [0, 0.1) is 0 Å². The van der Waals surface area contributed by atoms with Crippen LogP contribution in [0.2, 0.25) is 5.02 Å². The number of rotatable bonds is 5. The summed E-state index contributed by atoms with van der Waals surface area (Å²) >= 11 is 5.86. The van der Waals surface area contributed by atoms with Gasteiger partial charge in [0, 0.05) is 19.3 Å². The maximum atomic E-state index is 11.5. The fraction of sp³-hybridized carbons (Fsp3) is 0.333. The molecule has 0 aliphatic heterocycles. The second kappa shape index (κ2) is 7.60. The number of amides is 2. The average Bonchev–Trinajstić information content (AvgIpc) is 2.40. The first-order valence-electron chi connectivity index (χ1n) is 5.50. The van der Waals surface area contributed by atoms with E-state index in [2.05, 4.69) is 15.4 Å². The van der Waals surface area contributed by atoms with Gasteiger partial charge in [-0.2, -0.15) is 0 Å². The largest absolute Gasteiger partial charge is 0.465 e. The summed E-state index contributed by atoms with van der Waals surface area (Å²) in [7, 11) is 2.80. The SMILES string of the molecule is COCCNC(=O)Nc1ccc(Cl)c(C(=O)OC)c1. The van der Waals surface area contributed by atoms with Crippen LogP contribution in [0.3, 0.4) is 0 Å². The predicted octanol–water partition coefficient (Wildman–Crippen LogP) is 1.89. The van der Waals surface area contributed by atoms with Gasteiger partial charge in [0.25, 0.3) is 0 Å². The van der Waals surface area contributed by atoms with Crippen LogP contribution in [-0.4, -0.2) is 39.4 Å². The standard InChI is InChI=1S/C12H15ClN2O4/c1-18-6-5-14-12(17)15-8-3-4-10(13)9(7-8)11(16)19-2/h3-4,7H,5-6H2,1-2H3,(H2,14,15,17). The Bertz CT molecular complexity index is 465. The van der Waals surface area contributed by atoms with Crippen molar-refractivity contribution < 1.29 is 19.1 Å². The Morgan fingerprint density at radius 2 is 2.05 bits per heavy atom. The highest BCUT2D eigenvalue weighted by Crippen LogP contribution is 2.21. The van der Waals surface area contributed by atoms with Gasteiger partial charge in [-0.1, -0.05) is 11.6 Å². The van der Waals surface area contributed by atoms with E-state index in [4.69, 9.17) is 16.3 Å². The second-order valence-corrected chi connectivity index (χ2v) is 3.97. The molecule has 0 atom stereocenters. The first kappa shape index (κ1) is 15.3. The Balaban J connectivity index is 2.69. The molecule has 6 nitrogen and oxygen atoms in total. The fourth-order valence-electron chi connectivity index (χ4n) is 1.31. The first-order valence-corrected chi connectivity index (χ1v) is 5.88. The van der Waals surface area contributed by atoms with Crippen LogP contribution in [0.15, 0.2) is 18.2 Å². The van der Waals surface area contributed by atoms with Crippen LogP contribution in [0.5, 0.6) is 0 Å². The van der Waals surface area contributed by atoms with Crippen molar-refractivity contribution in [2.24, 2.45) is 0 Å². The molecule has 19 heavy (non-hydrogen) atoms. The summed E-state index contributed by atoms with van der Waals surface area (Å²) in [6, 6.07) is 4.16. The van der Waals surface area contributed by atoms with Gasteiger partial charge in [0.15, 0.2) is 0 Å². The summed E-state index contributed by atoms with van der Waals surface area (Å²) < 4.78 is 9.39. The van der Waals surface area contributed by atoms with Gasteiger partial charge in [-0.05, 0) is 18.2 Å². The Labute approximate surface area is 116 Å². The maximum absolute atomic E-state index is 11.5. The molecule has 0 aromatic heterocycles. The summed E-state index contributed by atoms with van der Waals surface area (Å²) in [5, 5.41) is 5.42. The van der Waals surface area contributed by atoms with Crippen molar-refractivity contribution in [2.45, 2.75) is 0 Å². The molecule has 0 spiro atoms. The zero-order valence-electron chi connectivity index (χ0n) is 10.7. The summed E-state index contributed by atoms with van der Waals surface area (Å²) in [6.07, 6.45) is 0. The van der Waals surface area contributed by atoms with Crippen molar-refractivity contribution in [3.63, 3.8) is 0 Å². The molecule has 0 fully saturated rings. The first-order chi connectivity index (χ1) is 9.08. The minimum absolute atomic E-state index is 0.193. The summed E-state index contributed by atoms with van der Waals surface area (Å²) in [5.74, 6) is -0.562. The van der Waals surface area contributed by atoms with E-state index < -0.39 is 12.0 Å². The van der Waals surface area contributed by atoms with E-state index in [-0.39, 0.29) is 10.6 Å². The van der Waals surface area contributed by atoms with Crippen LogP contribution in [0.4, 0.5) is 10.5 Å². The van der Waals surface area contributed by atoms with Crippen molar-refractivity contribution in [1.82, 2.24) is 5.32 Å². The van der Waals surface area contributed by atoms with Gasteiger partial charge in [-0.15, -0.1) is 0 Å². The third kappa shape index (κ3) is 4.76. The Kier molecular flexibility index (Phi) is 6.11. The molecule has 1 rings (SSSR count). The lowest BCUT2D eigenvalue weighted by Crippen LogP contribution is -2.31. The third-order valence-corrected chi connectivity index (χ3v) is 2.55. The number of carbonyl (C=O) groups is 2. The number of carbonyl (C=O) groups excluding carboxylic acids is 2. The smallest absolute Gasteiger partial charge is 0.339 e. The molecular formula is C12H15ClN2O4. The van der Waals surface area contributed by atoms with Crippen molar-refractivity contribution in [3.05, 3.63) is 28.8 Å². The second-order valence-electron chi connectivity index (χ2n) is 3.56.